The van der Waals surface area contributed by atoms with E-state index in [4.69, 9.17) is 10.5 Å². The molecular formula is C12H22N2O3S2. The Labute approximate surface area is 119 Å². The Morgan fingerprint density at radius 1 is 1.42 bits per heavy atom. The number of hydrogen-bond acceptors (Lipinski definition) is 5. The van der Waals surface area contributed by atoms with Crippen molar-refractivity contribution in [1.82, 2.24) is 4.72 Å². The van der Waals surface area contributed by atoms with Crippen LogP contribution in [0.1, 0.15) is 29.5 Å². The Balaban J connectivity index is 2.49. The summed E-state index contributed by atoms with van der Waals surface area (Å²) in [6.45, 7) is 5.59. The van der Waals surface area contributed by atoms with Crippen LogP contribution in [0, 0.1) is 6.92 Å². The van der Waals surface area contributed by atoms with Crippen molar-refractivity contribution in [2.24, 2.45) is 5.73 Å². The van der Waals surface area contributed by atoms with Crippen molar-refractivity contribution in [1.29, 1.82) is 0 Å². The molecule has 110 valence electrons. The van der Waals surface area contributed by atoms with Crippen molar-refractivity contribution < 1.29 is 13.2 Å². The Kier molecular flexibility index (Phi) is 6.95. The van der Waals surface area contributed by atoms with Gasteiger partial charge in [0.15, 0.2) is 0 Å². The normalized spacial score (nSPS) is 11.9. The predicted octanol–water partition coefficient (Wildman–Crippen LogP) is 1.61. The molecule has 5 nitrogen and oxygen atoms in total. The van der Waals surface area contributed by atoms with Gasteiger partial charge in [0.2, 0.25) is 10.0 Å². The molecule has 0 aliphatic heterocycles. The van der Waals surface area contributed by atoms with E-state index in [0.29, 0.717) is 31.2 Å². The number of unbranched alkanes of at least 4 members (excludes halogenated alkanes) is 1. The smallest absolute Gasteiger partial charge is 0.241 e. The van der Waals surface area contributed by atoms with Crippen molar-refractivity contribution >= 4 is 21.4 Å². The molecule has 0 saturated heterocycles. The lowest BCUT2D eigenvalue weighted by Crippen LogP contribution is -2.27. The van der Waals surface area contributed by atoms with E-state index in [-0.39, 0.29) is 0 Å². The van der Waals surface area contributed by atoms with Gasteiger partial charge in [0.05, 0.1) is 11.5 Å². The van der Waals surface area contributed by atoms with Gasteiger partial charge in [-0.1, -0.05) is 13.3 Å². The van der Waals surface area contributed by atoms with Gasteiger partial charge in [0, 0.05) is 29.5 Å². The Morgan fingerprint density at radius 2 is 2.16 bits per heavy atom. The van der Waals surface area contributed by atoms with Gasteiger partial charge in [-0.25, -0.2) is 13.1 Å². The van der Waals surface area contributed by atoms with Gasteiger partial charge in [0.1, 0.15) is 0 Å². The van der Waals surface area contributed by atoms with E-state index in [2.05, 4.69) is 11.6 Å². The third kappa shape index (κ3) is 5.19. The first kappa shape index (κ1) is 16.6. The molecule has 0 unspecified atom stereocenters. The maximum Gasteiger partial charge on any atom is 0.241 e. The molecule has 7 heteroatoms. The summed E-state index contributed by atoms with van der Waals surface area (Å²) in [6.07, 6.45) is 2.07. The summed E-state index contributed by atoms with van der Waals surface area (Å²) < 4.78 is 32.0. The van der Waals surface area contributed by atoms with Crippen molar-refractivity contribution in [3.63, 3.8) is 0 Å². The lowest BCUT2D eigenvalue weighted by atomic mass is 10.4. The molecule has 1 aromatic heterocycles. The SMILES string of the molecule is CCCCOCCNS(=O)(=O)c1cc(CN)sc1C. The highest BCUT2D eigenvalue weighted by Crippen LogP contribution is 2.25. The van der Waals surface area contributed by atoms with Crippen LogP contribution in [0.3, 0.4) is 0 Å². The number of nitrogens with one attached hydrogen (secondary N) is 1. The maximum atomic E-state index is 12.1. The van der Waals surface area contributed by atoms with Crippen LogP contribution >= 0.6 is 11.3 Å². The molecule has 1 heterocycles. The minimum Gasteiger partial charge on any atom is -0.380 e. The van der Waals surface area contributed by atoms with Crippen LogP contribution in [0.15, 0.2) is 11.0 Å². The van der Waals surface area contributed by atoms with E-state index in [1.54, 1.807) is 13.0 Å². The van der Waals surface area contributed by atoms with Gasteiger partial charge >= 0.3 is 0 Å². The van der Waals surface area contributed by atoms with Crippen molar-refractivity contribution in [3.8, 4) is 0 Å². The Morgan fingerprint density at radius 3 is 2.74 bits per heavy atom. The van der Waals surface area contributed by atoms with Gasteiger partial charge in [-0.3, -0.25) is 0 Å². The highest BCUT2D eigenvalue weighted by molar-refractivity contribution is 7.89. The molecule has 3 N–H and O–H groups in total. The van der Waals surface area contributed by atoms with E-state index in [0.717, 1.165) is 22.6 Å². The topological polar surface area (TPSA) is 81.4 Å². The second-order valence-corrected chi connectivity index (χ2v) is 7.28. The molecule has 0 aromatic carbocycles. The summed E-state index contributed by atoms with van der Waals surface area (Å²) in [5, 5.41) is 0. The third-order valence-electron chi connectivity index (χ3n) is 2.59. The number of thiophene rings is 1. The molecule has 0 aliphatic carbocycles. The lowest BCUT2D eigenvalue weighted by molar-refractivity contribution is 0.136. The van der Waals surface area contributed by atoms with Gasteiger partial charge < -0.3 is 10.5 Å². The van der Waals surface area contributed by atoms with Crippen LogP contribution in [0.5, 0.6) is 0 Å². The van der Waals surface area contributed by atoms with Crippen LogP contribution < -0.4 is 10.5 Å². The highest BCUT2D eigenvalue weighted by atomic mass is 32.2. The molecular weight excluding hydrogens is 284 g/mol. The van der Waals surface area contributed by atoms with Crippen molar-refractivity contribution in [2.75, 3.05) is 19.8 Å². The zero-order valence-corrected chi connectivity index (χ0v) is 13.1. The largest absolute Gasteiger partial charge is 0.380 e. The number of hydrogen-bond donors (Lipinski definition) is 2. The standard InChI is InChI=1S/C12H22N2O3S2/c1-3-4-6-17-7-5-14-19(15,16)12-8-11(9-13)18-10(12)2/h8,14H,3-7,9,13H2,1-2H3. The summed E-state index contributed by atoms with van der Waals surface area (Å²) >= 11 is 1.42. The minimum absolute atomic E-state index is 0.291. The molecule has 1 rings (SSSR count). The molecule has 0 aliphatic rings. The molecule has 0 fully saturated rings. The minimum atomic E-state index is -3.45. The van der Waals surface area contributed by atoms with Crippen molar-refractivity contribution in [2.45, 2.75) is 38.1 Å². The van der Waals surface area contributed by atoms with Crippen LogP contribution in [-0.2, 0) is 21.3 Å². The second kappa shape index (κ2) is 7.96. The highest BCUT2D eigenvalue weighted by Gasteiger charge is 2.18. The molecule has 0 amide bonds. The number of sulfonamides is 1. The first-order chi connectivity index (χ1) is 9.01. The summed E-state index contributed by atoms with van der Waals surface area (Å²) in [5.41, 5.74) is 5.52. The first-order valence-electron chi connectivity index (χ1n) is 6.38. The molecule has 19 heavy (non-hydrogen) atoms. The van der Waals surface area contributed by atoms with Crippen LogP contribution in [0.4, 0.5) is 0 Å². The fourth-order valence-electron chi connectivity index (χ4n) is 1.57. The van der Waals surface area contributed by atoms with Gasteiger partial charge in [0.25, 0.3) is 0 Å². The molecule has 0 radical (unpaired) electrons. The lowest BCUT2D eigenvalue weighted by Gasteiger charge is -2.06. The van der Waals surface area contributed by atoms with E-state index < -0.39 is 10.0 Å². The molecule has 1 aromatic rings. The van der Waals surface area contributed by atoms with E-state index in [1.165, 1.54) is 11.3 Å². The van der Waals surface area contributed by atoms with E-state index >= 15 is 0 Å². The summed E-state index contributed by atoms with van der Waals surface area (Å²) in [4.78, 5) is 1.96. The third-order valence-corrected chi connectivity index (χ3v) is 5.38. The molecule has 0 bridgehead atoms. The zero-order chi connectivity index (χ0) is 14.3. The average molecular weight is 306 g/mol. The number of rotatable bonds is 9. The van der Waals surface area contributed by atoms with Gasteiger partial charge in [-0.05, 0) is 19.4 Å². The predicted molar refractivity (Wildman–Crippen MR) is 77.9 cm³/mol. The van der Waals surface area contributed by atoms with Crippen LogP contribution in [0.2, 0.25) is 0 Å². The van der Waals surface area contributed by atoms with Gasteiger partial charge in [-0.15, -0.1) is 11.3 Å². The molecule has 0 saturated carbocycles. The first-order valence-corrected chi connectivity index (χ1v) is 8.68. The summed E-state index contributed by atoms with van der Waals surface area (Å²) in [5.74, 6) is 0. The number of aryl methyl sites for hydroxylation is 1. The van der Waals surface area contributed by atoms with Crippen LogP contribution in [0.25, 0.3) is 0 Å². The van der Waals surface area contributed by atoms with Crippen molar-refractivity contribution in [3.05, 3.63) is 15.8 Å². The van der Waals surface area contributed by atoms with Crippen LogP contribution in [-0.4, -0.2) is 28.2 Å². The fraction of sp³-hybridized carbons (Fsp3) is 0.667. The molecule has 0 atom stereocenters. The number of nitrogens with two attached hydrogens (primary N) is 1. The summed E-state index contributed by atoms with van der Waals surface area (Å²) in [7, 11) is -3.45. The van der Waals surface area contributed by atoms with Gasteiger partial charge in [-0.2, -0.15) is 0 Å². The Bertz CT molecular complexity index is 483. The van der Waals surface area contributed by atoms with E-state index in [1.807, 2.05) is 0 Å². The second-order valence-electron chi connectivity index (χ2n) is 4.20. The zero-order valence-electron chi connectivity index (χ0n) is 11.4. The Hall–Kier alpha value is -0.470. The number of ether oxygens (including phenoxy) is 1. The average Bonchev–Trinajstić information content (AvgIpc) is 2.76. The molecule has 0 spiro atoms. The quantitative estimate of drug-likeness (QED) is 0.679. The van der Waals surface area contributed by atoms with E-state index in [9.17, 15) is 8.42 Å². The summed E-state index contributed by atoms with van der Waals surface area (Å²) in [6, 6.07) is 1.64. The maximum absolute atomic E-state index is 12.1. The fourth-order valence-corrected chi connectivity index (χ4v) is 4.09. The monoisotopic (exact) mass is 306 g/mol.